The lowest BCUT2D eigenvalue weighted by molar-refractivity contribution is -0.125. The van der Waals surface area contributed by atoms with Crippen molar-refractivity contribution in [1.82, 2.24) is 5.43 Å². The van der Waals surface area contributed by atoms with Gasteiger partial charge >= 0.3 is 0 Å². The maximum Gasteiger partial charge on any atom is 0.243 e. The molecular formula is C13H20N2O. The van der Waals surface area contributed by atoms with Crippen LogP contribution in [0, 0.1) is 20.8 Å². The van der Waals surface area contributed by atoms with Gasteiger partial charge in [0, 0.05) is 0 Å². The van der Waals surface area contributed by atoms with Crippen LogP contribution in [0.2, 0.25) is 0 Å². The van der Waals surface area contributed by atoms with Gasteiger partial charge in [0.1, 0.15) is 0 Å². The third-order valence-electron chi connectivity index (χ3n) is 3.21. The van der Waals surface area contributed by atoms with Crippen LogP contribution in [0.15, 0.2) is 12.1 Å². The van der Waals surface area contributed by atoms with Gasteiger partial charge in [0.05, 0.1) is 5.41 Å². The summed E-state index contributed by atoms with van der Waals surface area (Å²) in [6.45, 7) is 9.91. The van der Waals surface area contributed by atoms with Crippen molar-refractivity contribution in [3.8, 4) is 0 Å². The molecule has 0 aromatic heterocycles. The molecule has 1 aromatic rings. The summed E-state index contributed by atoms with van der Waals surface area (Å²) in [6.07, 6.45) is 0. The van der Waals surface area contributed by atoms with Gasteiger partial charge in [-0.05, 0) is 56.9 Å². The van der Waals surface area contributed by atoms with Crippen molar-refractivity contribution in [3.63, 3.8) is 0 Å². The zero-order valence-corrected chi connectivity index (χ0v) is 10.6. The number of hydrogen-bond donors (Lipinski definition) is 2. The fourth-order valence-corrected chi connectivity index (χ4v) is 1.94. The summed E-state index contributed by atoms with van der Waals surface area (Å²) in [7, 11) is 0. The molecule has 0 fully saturated rings. The Hall–Kier alpha value is -1.35. The molecule has 16 heavy (non-hydrogen) atoms. The Bertz CT molecular complexity index is 422. The van der Waals surface area contributed by atoms with E-state index >= 15 is 0 Å². The van der Waals surface area contributed by atoms with Gasteiger partial charge in [0.2, 0.25) is 5.91 Å². The van der Waals surface area contributed by atoms with Gasteiger partial charge < -0.3 is 0 Å². The lowest BCUT2D eigenvalue weighted by Gasteiger charge is -2.25. The highest BCUT2D eigenvalue weighted by Gasteiger charge is 2.30. The van der Waals surface area contributed by atoms with E-state index in [1.165, 1.54) is 11.1 Å². The van der Waals surface area contributed by atoms with Gasteiger partial charge in [-0.2, -0.15) is 0 Å². The van der Waals surface area contributed by atoms with Gasteiger partial charge in [0.25, 0.3) is 0 Å². The number of nitrogens with two attached hydrogens (primary N) is 1. The number of hydrogen-bond acceptors (Lipinski definition) is 2. The molecule has 0 bridgehead atoms. The largest absolute Gasteiger partial charge is 0.294 e. The van der Waals surface area contributed by atoms with Crippen LogP contribution in [0.4, 0.5) is 0 Å². The van der Waals surface area contributed by atoms with Crippen LogP contribution >= 0.6 is 0 Å². The number of nitrogens with one attached hydrogen (secondary N) is 1. The first-order valence-electron chi connectivity index (χ1n) is 5.40. The van der Waals surface area contributed by atoms with Crippen molar-refractivity contribution in [1.29, 1.82) is 0 Å². The molecule has 3 nitrogen and oxygen atoms in total. The molecule has 0 saturated heterocycles. The van der Waals surface area contributed by atoms with Crippen LogP contribution < -0.4 is 11.3 Å². The number of amides is 1. The zero-order chi connectivity index (χ0) is 12.5. The number of rotatable bonds is 2. The van der Waals surface area contributed by atoms with E-state index in [1.54, 1.807) is 0 Å². The smallest absolute Gasteiger partial charge is 0.243 e. The van der Waals surface area contributed by atoms with Gasteiger partial charge in [-0.1, -0.05) is 12.1 Å². The molecule has 0 aliphatic rings. The van der Waals surface area contributed by atoms with Crippen LogP contribution in [0.1, 0.15) is 36.1 Å². The van der Waals surface area contributed by atoms with Crippen LogP contribution in [-0.2, 0) is 10.2 Å². The lowest BCUT2D eigenvalue weighted by Crippen LogP contribution is -2.44. The number of hydrazine groups is 1. The number of carbonyl (C=O) groups is 1. The van der Waals surface area contributed by atoms with E-state index in [0.29, 0.717) is 0 Å². The van der Waals surface area contributed by atoms with Crippen LogP contribution in [0.25, 0.3) is 0 Å². The monoisotopic (exact) mass is 220 g/mol. The summed E-state index contributed by atoms with van der Waals surface area (Å²) in [5.41, 5.74) is 6.21. The van der Waals surface area contributed by atoms with E-state index < -0.39 is 5.41 Å². The van der Waals surface area contributed by atoms with Gasteiger partial charge in [-0.15, -0.1) is 0 Å². The molecule has 1 amide bonds. The van der Waals surface area contributed by atoms with E-state index in [4.69, 9.17) is 5.84 Å². The van der Waals surface area contributed by atoms with E-state index in [1.807, 2.05) is 20.8 Å². The van der Waals surface area contributed by atoms with Crippen molar-refractivity contribution in [2.45, 2.75) is 40.0 Å². The molecule has 1 aromatic carbocycles. The molecule has 0 aliphatic heterocycles. The maximum absolute atomic E-state index is 11.7. The topological polar surface area (TPSA) is 55.1 Å². The first kappa shape index (κ1) is 12.7. The molecule has 3 N–H and O–H groups in total. The standard InChI is InChI=1S/C13H20N2O/c1-8-6-10(3)11(7-9(8)2)13(4,5)12(16)15-14/h6-7H,14H2,1-5H3,(H,15,16). The Morgan fingerprint density at radius 3 is 2.12 bits per heavy atom. The zero-order valence-electron chi connectivity index (χ0n) is 10.6. The van der Waals surface area contributed by atoms with Gasteiger partial charge in [0.15, 0.2) is 0 Å². The Labute approximate surface area is 97.0 Å². The average Bonchev–Trinajstić information content (AvgIpc) is 2.21. The second kappa shape index (κ2) is 4.26. The van der Waals surface area contributed by atoms with E-state index in [9.17, 15) is 4.79 Å². The Morgan fingerprint density at radius 1 is 1.12 bits per heavy atom. The summed E-state index contributed by atoms with van der Waals surface area (Å²) in [6, 6.07) is 4.18. The molecule has 1 rings (SSSR count). The molecular weight excluding hydrogens is 200 g/mol. The Morgan fingerprint density at radius 2 is 1.62 bits per heavy atom. The molecule has 0 unspecified atom stereocenters. The summed E-state index contributed by atoms with van der Waals surface area (Å²) in [5, 5.41) is 0. The van der Waals surface area contributed by atoms with E-state index in [2.05, 4.69) is 31.4 Å². The minimum Gasteiger partial charge on any atom is -0.294 e. The van der Waals surface area contributed by atoms with Crippen LogP contribution in [0.3, 0.4) is 0 Å². The number of carbonyl (C=O) groups excluding carboxylic acids is 1. The molecule has 0 saturated carbocycles. The quantitative estimate of drug-likeness (QED) is 0.454. The fourth-order valence-electron chi connectivity index (χ4n) is 1.94. The SMILES string of the molecule is Cc1cc(C)c(C(C)(C)C(=O)NN)cc1C. The van der Waals surface area contributed by atoms with Gasteiger partial charge in [-0.3, -0.25) is 10.2 Å². The average molecular weight is 220 g/mol. The number of aryl methyl sites for hydroxylation is 3. The first-order valence-corrected chi connectivity index (χ1v) is 5.40. The summed E-state index contributed by atoms with van der Waals surface area (Å²) in [4.78, 5) is 11.7. The third-order valence-corrected chi connectivity index (χ3v) is 3.21. The summed E-state index contributed by atoms with van der Waals surface area (Å²) in [5.74, 6) is 5.05. The predicted molar refractivity (Wildman–Crippen MR) is 66.0 cm³/mol. The second-order valence-corrected chi connectivity index (χ2v) is 4.85. The van der Waals surface area contributed by atoms with Crippen LogP contribution in [-0.4, -0.2) is 5.91 Å². The number of benzene rings is 1. The van der Waals surface area contributed by atoms with Crippen LogP contribution in [0.5, 0.6) is 0 Å². The van der Waals surface area contributed by atoms with E-state index in [-0.39, 0.29) is 5.91 Å². The third kappa shape index (κ3) is 2.09. The minimum absolute atomic E-state index is 0.168. The van der Waals surface area contributed by atoms with Gasteiger partial charge in [-0.25, -0.2) is 5.84 Å². The molecule has 0 heterocycles. The Kier molecular flexibility index (Phi) is 3.38. The predicted octanol–water partition coefficient (Wildman–Crippen LogP) is 1.88. The highest BCUT2D eigenvalue weighted by atomic mass is 16.2. The normalized spacial score (nSPS) is 11.4. The van der Waals surface area contributed by atoms with Crippen molar-refractivity contribution in [3.05, 3.63) is 34.4 Å². The second-order valence-electron chi connectivity index (χ2n) is 4.85. The highest BCUT2D eigenvalue weighted by molar-refractivity contribution is 5.87. The van der Waals surface area contributed by atoms with Crippen molar-refractivity contribution < 1.29 is 4.79 Å². The minimum atomic E-state index is -0.600. The molecule has 0 aliphatic carbocycles. The van der Waals surface area contributed by atoms with Crippen molar-refractivity contribution in [2.24, 2.45) is 5.84 Å². The van der Waals surface area contributed by atoms with Crippen molar-refractivity contribution in [2.75, 3.05) is 0 Å². The fraction of sp³-hybridized carbons (Fsp3) is 0.462. The highest BCUT2D eigenvalue weighted by Crippen LogP contribution is 2.28. The molecule has 0 atom stereocenters. The van der Waals surface area contributed by atoms with E-state index in [0.717, 1.165) is 11.1 Å². The Balaban J connectivity index is 3.33. The maximum atomic E-state index is 11.7. The molecule has 0 spiro atoms. The summed E-state index contributed by atoms with van der Waals surface area (Å²) >= 11 is 0. The molecule has 3 heteroatoms. The lowest BCUT2D eigenvalue weighted by atomic mass is 9.80. The first-order chi connectivity index (χ1) is 7.30. The van der Waals surface area contributed by atoms with Crippen molar-refractivity contribution >= 4 is 5.91 Å². The molecule has 88 valence electrons. The summed E-state index contributed by atoms with van der Waals surface area (Å²) < 4.78 is 0. The molecule has 0 radical (unpaired) electrons.